The van der Waals surface area contributed by atoms with Crippen LogP contribution in [0, 0.1) is 6.92 Å². The second-order valence-corrected chi connectivity index (χ2v) is 7.10. The van der Waals surface area contributed by atoms with Crippen LogP contribution in [0.15, 0.2) is 18.2 Å². The molecule has 1 saturated heterocycles. The number of nitrogens with zero attached hydrogens (tertiary/aromatic N) is 1. The van der Waals surface area contributed by atoms with Crippen LogP contribution in [0.5, 0.6) is 0 Å². The second kappa shape index (κ2) is 9.65. The number of hydrogen-bond donors (Lipinski definition) is 2. The minimum Gasteiger partial charge on any atom is -0.465 e. The number of benzene rings is 1. The first-order valence-electron chi connectivity index (χ1n) is 10.1. The molecule has 3 rings (SSSR count). The highest BCUT2D eigenvalue weighted by atomic mass is 16.5. The highest BCUT2D eigenvalue weighted by Crippen LogP contribution is 2.27. The molecule has 9 nitrogen and oxygen atoms in total. The van der Waals surface area contributed by atoms with Gasteiger partial charge < -0.3 is 29.4 Å². The van der Waals surface area contributed by atoms with Crippen LogP contribution in [0.2, 0.25) is 0 Å². The number of nitrogens with one attached hydrogen (secondary N) is 2. The van der Waals surface area contributed by atoms with Gasteiger partial charge in [0.05, 0.1) is 44.2 Å². The predicted molar refractivity (Wildman–Crippen MR) is 115 cm³/mol. The van der Waals surface area contributed by atoms with Gasteiger partial charge in [-0.3, -0.25) is 4.79 Å². The van der Waals surface area contributed by atoms with Crippen LogP contribution in [-0.4, -0.2) is 63.4 Å². The number of aromatic amines is 1. The minimum absolute atomic E-state index is 0.241. The number of aromatic nitrogens is 1. The Balaban J connectivity index is 1.93. The molecule has 0 saturated carbocycles. The number of rotatable bonds is 6. The van der Waals surface area contributed by atoms with E-state index in [0.29, 0.717) is 55.2 Å². The van der Waals surface area contributed by atoms with E-state index in [1.807, 2.05) is 13.0 Å². The molecule has 0 bridgehead atoms. The van der Waals surface area contributed by atoms with Gasteiger partial charge in [0.2, 0.25) is 0 Å². The summed E-state index contributed by atoms with van der Waals surface area (Å²) in [6.07, 6.45) is 0.528. The summed E-state index contributed by atoms with van der Waals surface area (Å²) < 4.78 is 15.1. The summed E-state index contributed by atoms with van der Waals surface area (Å²) in [6.45, 7) is 6.20. The SMILES string of the molecule is CCc1[nH]c(C(=O)Nc2ccc(N3CCOCC3)cc2C(=O)OC)c(C)c1C(=O)OC. The molecule has 0 aliphatic carbocycles. The van der Waals surface area contributed by atoms with Crippen molar-refractivity contribution in [2.24, 2.45) is 0 Å². The molecule has 1 fully saturated rings. The predicted octanol–water partition coefficient (Wildman–Crippen LogP) is 2.55. The van der Waals surface area contributed by atoms with Crippen molar-refractivity contribution in [3.05, 3.63) is 46.3 Å². The highest BCUT2D eigenvalue weighted by Gasteiger charge is 2.25. The van der Waals surface area contributed by atoms with Crippen molar-refractivity contribution in [3.63, 3.8) is 0 Å². The Labute approximate surface area is 180 Å². The number of hydrogen-bond acceptors (Lipinski definition) is 7. The molecule has 166 valence electrons. The summed E-state index contributed by atoms with van der Waals surface area (Å²) in [4.78, 5) is 42.6. The molecular formula is C22H27N3O6. The van der Waals surface area contributed by atoms with Gasteiger partial charge in [-0.1, -0.05) is 6.92 Å². The second-order valence-electron chi connectivity index (χ2n) is 7.10. The summed E-state index contributed by atoms with van der Waals surface area (Å²) in [6, 6.07) is 5.22. The summed E-state index contributed by atoms with van der Waals surface area (Å²) in [5.41, 5.74) is 3.11. The van der Waals surface area contributed by atoms with Crippen molar-refractivity contribution in [3.8, 4) is 0 Å². The Kier molecular flexibility index (Phi) is 6.96. The first-order chi connectivity index (χ1) is 14.9. The fourth-order valence-electron chi connectivity index (χ4n) is 3.65. The maximum Gasteiger partial charge on any atom is 0.340 e. The average Bonchev–Trinajstić information content (AvgIpc) is 3.15. The molecule has 9 heteroatoms. The van der Waals surface area contributed by atoms with E-state index in [1.165, 1.54) is 14.2 Å². The molecule has 0 unspecified atom stereocenters. The van der Waals surface area contributed by atoms with E-state index >= 15 is 0 Å². The molecular weight excluding hydrogens is 402 g/mol. The molecule has 2 heterocycles. The van der Waals surface area contributed by atoms with Crippen molar-refractivity contribution >= 4 is 29.2 Å². The zero-order valence-electron chi connectivity index (χ0n) is 18.2. The van der Waals surface area contributed by atoms with Crippen molar-refractivity contribution in [1.29, 1.82) is 0 Å². The van der Waals surface area contributed by atoms with Crippen molar-refractivity contribution in [2.75, 3.05) is 50.7 Å². The van der Waals surface area contributed by atoms with Crippen LogP contribution in [0.3, 0.4) is 0 Å². The molecule has 1 aliphatic heterocycles. The monoisotopic (exact) mass is 429 g/mol. The largest absolute Gasteiger partial charge is 0.465 e. The van der Waals surface area contributed by atoms with Gasteiger partial charge in [-0.2, -0.15) is 0 Å². The summed E-state index contributed by atoms with van der Waals surface area (Å²) in [5, 5.41) is 2.77. The smallest absolute Gasteiger partial charge is 0.340 e. The Morgan fingerprint density at radius 2 is 1.81 bits per heavy atom. The highest BCUT2D eigenvalue weighted by molar-refractivity contribution is 6.09. The average molecular weight is 429 g/mol. The summed E-state index contributed by atoms with van der Waals surface area (Å²) in [7, 11) is 2.59. The third-order valence-electron chi connectivity index (χ3n) is 5.33. The topological polar surface area (TPSA) is 110 Å². The zero-order chi connectivity index (χ0) is 22.5. The first kappa shape index (κ1) is 22.4. The van der Waals surface area contributed by atoms with Crippen LogP contribution in [-0.2, 0) is 20.6 Å². The number of aryl methyl sites for hydroxylation is 1. The number of ether oxygens (including phenoxy) is 3. The van der Waals surface area contributed by atoms with E-state index in [-0.39, 0.29) is 11.3 Å². The summed E-state index contributed by atoms with van der Waals surface area (Å²) >= 11 is 0. The number of morpholine rings is 1. The Hall–Kier alpha value is -3.33. The molecule has 2 N–H and O–H groups in total. The van der Waals surface area contributed by atoms with Crippen molar-refractivity contribution in [2.45, 2.75) is 20.3 Å². The van der Waals surface area contributed by atoms with Crippen LogP contribution in [0.25, 0.3) is 0 Å². The lowest BCUT2D eigenvalue weighted by molar-refractivity contribution is 0.0591. The normalized spacial score (nSPS) is 13.6. The number of anilines is 2. The van der Waals surface area contributed by atoms with Crippen molar-refractivity contribution in [1.82, 2.24) is 4.98 Å². The number of H-pyrrole nitrogens is 1. The van der Waals surface area contributed by atoms with Gasteiger partial charge >= 0.3 is 11.9 Å². The third-order valence-corrected chi connectivity index (χ3v) is 5.33. The molecule has 1 aliphatic rings. The molecule has 31 heavy (non-hydrogen) atoms. The van der Waals surface area contributed by atoms with Crippen LogP contribution >= 0.6 is 0 Å². The summed E-state index contributed by atoms with van der Waals surface area (Å²) in [5.74, 6) is -1.53. The molecule has 0 atom stereocenters. The van der Waals surface area contributed by atoms with Gasteiger partial charge in [0.15, 0.2) is 0 Å². The Morgan fingerprint density at radius 3 is 2.42 bits per heavy atom. The maximum absolute atomic E-state index is 13.0. The maximum atomic E-state index is 13.0. The van der Waals surface area contributed by atoms with Crippen molar-refractivity contribution < 1.29 is 28.6 Å². The number of methoxy groups -OCH3 is 2. The lowest BCUT2D eigenvalue weighted by atomic mass is 10.1. The lowest BCUT2D eigenvalue weighted by Crippen LogP contribution is -2.36. The quantitative estimate of drug-likeness (QED) is 0.679. The van der Waals surface area contributed by atoms with Crippen LogP contribution < -0.4 is 10.2 Å². The standard InChI is InChI=1S/C22H27N3O6/c1-5-16-18(22(28)30-4)13(2)19(23-16)20(26)24-17-7-6-14(12-15(17)21(27)29-3)25-8-10-31-11-9-25/h6-7,12,23H,5,8-11H2,1-4H3,(H,24,26). The molecule has 1 amide bonds. The van der Waals surface area contributed by atoms with E-state index in [0.717, 1.165) is 5.69 Å². The number of carbonyl (C=O) groups excluding carboxylic acids is 3. The Morgan fingerprint density at radius 1 is 1.13 bits per heavy atom. The zero-order valence-corrected chi connectivity index (χ0v) is 18.2. The molecule has 1 aromatic carbocycles. The molecule has 1 aromatic heterocycles. The van der Waals surface area contributed by atoms with Gasteiger partial charge in [0.1, 0.15) is 5.69 Å². The van der Waals surface area contributed by atoms with Crippen LogP contribution in [0.4, 0.5) is 11.4 Å². The third kappa shape index (κ3) is 4.56. The fourth-order valence-corrected chi connectivity index (χ4v) is 3.65. The Bertz CT molecular complexity index is 991. The van der Waals surface area contributed by atoms with E-state index in [1.54, 1.807) is 19.1 Å². The van der Waals surface area contributed by atoms with E-state index in [2.05, 4.69) is 15.2 Å². The lowest BCUT2D eigenvalue weighted by Gasteiger charge is -2.29. The molecule has 0 spiro atoms. The van der Waals surface area contributed by atoms with E-state index < -0.39 is 17.8 Å². The number of carbonyl (C=O) groups is 3. The van der Waals surface area contributed by atoms with Gasteiger partial charge in [0, 0.05) is 24.5 Å². The number of amides is 1. The van der Waals surface area contributed by atoms with Gasteiger partial charge in [0.25, 0.3) is 5.91 Å². The van der Waals surface area contributed by atoms with E-state index in [9.17, 15) is 14.4 Å². The minimum atomic E-state index is -0.557. The molecule has 2 aromatic rings. The van der Waals surface area contributed by atoms with Gasteiger partial charge in [-0.15, -0.1) is 0 Å². The van der Waals surface area contributed by atoms with E-state index in [4.69, 9.17) is 14.2 Å². The first-order valence-corrected chi connectivity index (χ1v) is 10.1. The fraction of sp³-hybridized carbons (Fsp3) is 0.409. The van der Waals surface area contributed by atoms with Gasteiger partial charge in [-0.05, 0) is 37.1 Å². The van der Waals surface area contributed by atoms with Crippen LogP contribution in [0.1, 0.15) is 49.4 Å². The van der Waals surface area contributed by atoms with Gasteiger partial charge in [-0.25, -0.2) is 9.59 Å². The number of esters is 2. The molecule has 0 radical (unpaired) electrons.